The molecular weight excluding hydrogens is 266 g/mol. The second-order valence-electron chi connectivity index (χ2n) is 6.81. The van der Waals surface area contributed by atoms with E-state index in [4.69, 9.17) is 5.11 Å². The smallest absolute Gasteiger partial charge is 0.306 e. The van der Waals surface area contributed by atoms with Crippen LogP contribution < -0.4 is 5.32 Å². The Bertz CT molecular complexity index is 545. The molecule has 114 valence electrons. The third-order valence-corrected chi connectivity index (χ3v) is 4.10. The lowest BCUT2D eigenvalue weighted by molar-refractivity contribution is -0.141. The highest BCUT2D eigenvalue weighted by Crippen LogP contribution is 2.28. The molecule has 1 aromatic carbocycles. The van der Waals surface area contributed by atoms with Crippen LogP contribution in [0.15, 0.2) is 24.3 Å². The van der Waals surface area contributed by atoms with Gasteiger partial charge in [-0.25, -0.2) is 0 Å². The summed E-state index contributed by atoms with van der Waals surface area (Å²) >= 11 is 0. The number of carboxylic acid groups (broad SMARTS) is 1. The van der Waals surface area contributed by atoms with Crippen molar-refractivity contribution in [3.63, 3.8) is 0 Å². The molecule has 2 N–H and O–H groups in total. The molecule has 0 bridgehead atoms. The van der Waals surface area contributed by atoms with Gasteiger partial charge in [-0.2, -0.15) is 0 Å². The fourth-order valence-corrected chi connectivity index (χ4v) is 2.94. The Morgan fingerprint density at radius 3 is 2.43 bits per heavy atom. The Kier molecular flexibility index (Phi) is 4.35. The fourth-order valence-electron chi connectivity index (χ4n) is 2.94. The average molecular weight is 289 g/mol. The van der Waals surface area contributed by atoms with Crippen molar-refractivity contribution in [3.8, 4) is 0 Å². The SMILES string of the molecule is CC(C)(C)c1ccccc1C(=O)N[C@H]1CC[C@@H](C(=O)O)C1. The minimum Gasteiger partial charge on any atom is -0.481 e. The topological polar surface area (TPSA) is 66.4 Å². The number of amides is 1. The summed E-state index contributed by atoms with van der Waals surface area (Å²) in [5.41, 5.74) is 1.59. The Morgan fingerprint density at radius 1 is 1.19 bits per heavy atom. The van der Waals surface area contributed by atoms with Gasteiger partial charge in [0, 0.05) is 11.6 Å². The first-order chi connectivity index (χ1) is 9.79. The van der Waals surface area contributed by atoms with Crippen LogP contribution >= 0.6 is 0 Å². The summed E-state index contributed by atoms with van der Waals surface area (Å²) in [7, 11) is 0. The van der Waals surface area contributed by atoms with Gasteiger partial charge in [0.05, 0.1) is 5.92 Å². The first-order valence-corrected chi connectivity index (χ1v) is 7.42. The zero-order valence-corrected chi connectivity index (χ0v) is 12.8. The zero-order valence-electron chi connectivity index (χ0n) is 12.8. The van der Waals surface area contributed by atoms with Crippen molar-refractivity contribution in [1.29, 1.82) is 0 Å². The molecule has 4 nitrogen and oxygen atoms in total. The van der Waals surface area contributed by atoms with Crippen molar-refractivity contribution < 1.29 is 14.7 Å². The van der Waals surface area contributed by atoms with Gasteiger partial charge in [0.25, 0.3) is 5.91 Å². The van der Waals surface area contributed by atoms with Crippen molar-refractivity contribution in [1.82, 2.24) is 5.32 Å². The van der Waals surface area contributed by atoms with Gasteiger partial charge in [-0.15, -0.1) is 0 Å². The Hall–Kier alpha value is -1.84. The lowest BCUT2D eigenvalue weighted by atomic mass is 9.83. The summed E-state index contributed by atoms with van der Waals surface area (Å²) in [6.07, 6.45) is 1.90. The van der Waals surface area contributed by atoms with E-state index in [1.54, 1.807) is 0 Å². The molecule has 0 heterocycles. The number of carbonyl (C=O) groups excluding carboxylic acids is 1. The standard InChI is InChI=1S/C17H23NO3/c1-17(2,3)14-7-5-4-6-13(14)15(19)18-12-9-8-11(10-12)16(20)21/h4-7,11-12H,8-10H2,1-3H3,(H,18,19)(H,20,21)/t11-,12+/m1/s1. The van der Waals surface area contributed by atoms with Crippen LogP contribution in [0.2, 0.25) is 0 Å². The number of carbonyl (C=O) groups is 2. The van der Waals surface area contributed by atoms with Crippen LogP contribution in [-0.2, 0) is 10.2 Å². The molecular formula is C17H23NO3. The monoisotopic (exact) mass is 289 g/mol. The third kappa shape index (κ3) is 3.63. The highest BCUT2D eigenvalue weighted by molar-refractivity contribution is 5.96. The molecule has 1 amide bonds. The summed E-state index contributed by atoms with van der Waals surface area (Å²) in [4.78, 5) is 23.5. The number of nitrogens with one attached hydrogen (secondary N) is 1. The summed E-state index contributed by atoms with van der Waals surface area (Å²) in [5, 5.41) is 12.0. The lowest BCUT2D eigenvalue weighted by Gasteiger charge is -2.23. The number of hydrogen-bond donors (Lipinski definition) is 2. The molecule has 4 heteroatoms. The molecule has 1 saturated carbocycles. The van der Waals surface area contributed by atoms with Gasteiger partial charge in [-0.05, 0) is 36.3 Å². The van der Waals surface area contributed by atoms with Crippen molar-refractivity contribution in [3.05, 3.63) is 35.4 Å². The minimum absolute atomic E-state index is 0.0355. The van der Waals surface area contributed by atoms with Crippen LogP contribution in [0.25, 0.3) is 0 Å². The van der Waals surface area contributed by atoms with Crippen LogP contribution in [-0.4, -0.2) is 23.0 Å². The maximum Gasteiger partial charge on any atom is 0.306 e. The fraction of sp³-hybridized carbons (Fsp3) is 0.529. The van der Waals surface area contributed by atoms with E-state index in [1.165, 1.54) is 0 Å². The second kappa shape index (κ2) is 5.88. The minimum atomic E-state index is -0.762. The van der Waals surface area contributed by atoms with Crippen LogP contribution in [0, 0.1) is 5.92 Å². The maximum absolute atomic E-state index is 12.5. The highest BCUT2D eigenvalue weighted by atomic mass is 16.4. The number of hydrogen-bond acceptors (Lipinski definition) is 2. The predicted molar refractivity (Wildman–Crippen MR) is 81.4 cm³/mol. The number of benzene rings is 1. The number of carboxylic acids is 1. The molecule has 0 aliphatic heterocycles. The van der Waals surface area contributed by atoms with Gasteiger partial charge in [0.1, 0.15) is 0 Å². The van der Waals surface area contributed by atoms with E-state index in [2.05, 4.69) is 26.1 Å². The van der Waals surface area contributed by atoms with E-state index in [0.717, 1.165) is 12.0 Å². The van der Waals surface area contributed by atoms with Crippen LogP contribution in [0.4, 0.5) is 0 Å². The molecule has 2 atom stereocenters. The Morgan fingerprint density at radius 2 is 1.86 bits per heavy atom. The number of aliphatic carboxylic acids is 1. The van der Waals surface area contributed by atoms with Crippen molar-refractivity contribution in [2.45, 2.75) is 51.5 Å². The van der Waals surface area contributed by atoms with Crippen LogP contribution in [0.1, 0.15) is 56.0 Å². The Balaban J connectivity index is 2.10. The lowest BCUT2D eigenvalue weighted by Crippen LogP contribution is -2.34. The predicted octanol–water partition coefficient (Wildman–Crippen LogP) is 2.97. The number of rotatable bonds is 3. The normalized spacial score (nSPS) is 22.0. The van der Waals surface area contributed by atoms with Crippen LogP contribution in [0.5, 0.6) is 0 Å². The first-order valence-electron chi connectivity index (χ1n) is 7.42. The molecule has 21 heavy (non-hydrogen) atoms. The molecule has 0 aromatic heterocycles. The summed E-state index contributed by atoms with van der Waals surface area (Å²) in [5.74, 6) is -1.19. The zero-order chi connectivity index (χ0) is 15.6. The van der Waals surface area contributed by atoms with Gasteiger partial charge < -0.3 is 10.4 Å². The van der Waals surface area contributed by atoms with E-state index in [9.17, 15) is 9.59 Å². The third-order valence-electron chi connectivity index (χ3n) is 4.10. The summed E-state index contributed by atoms with van der Waals surface area (Å²) in [6.45, 7) is 6.24. The Labute approximate surface area is 125 Å². The summed E-state index contributed by atoms with van der Waals surface area (Å²) < 4.78 is 0. The molecule has 0 unspecified atom stereocenters. The average Bonchev–Trinajstić information content (AvgIpc) is 2.86. The van der Waals surface area contributed by atoms with E-state index in [0.29, 0.717) is 18.4 Å². The second-order valence-corrected chi connectivity index (χ2v) is 6.81. The molecule has 1 aliphatic rings. The van der Waals surface area contributed by atoms with Crippen LogP contribution in [0.3, 0.4) is 0 Å². The maximum atomic E-state index is 12.5. The molecule has 1 aliphatic carbocycles. The largest absolute Gasteiger partial charge is 0.481 e. The van der Waals surface area contributed by atoms with E-state index >= 15 is 0 Å². The molecule has 1 fully saturated rings. The van der Waals surface area contributed by atoms with Gasteiger partial charge in [0.15, 0.2) is 0 Å². The van der Waals surface area contributed by atoms with E-state index < -0.39 is 5.97 Å². The van der Waals surface area contributed by atoms with E-state index in [-0.39, 0.29) is 23.3 Å². The van der Waals surface area contributed by atoms with E-state index in [1.807, 2.05) is 24.3 Å². The van der Waals surface area contributed by atoms with Gasteiger partial charge in [0.2, 0.25) is 0 Å². The molecule has 0 saturated heterocycles. The highest BCUT2D eigenvalue weighted by Gasteiger charge is 2.31. The quantitative estimate of drug-likeness (QED) is 0.899. The summed E-state index contributed by atoms with van der Waals surface area (Å²) in [6, 6.07) is 7.57. The van der Waals surface area contributed by atoms with Gasteiger partial charge >= 0.3 is 5.97 Å². The molecule has 0 spiro atoms. The van der Waals surface area contributed by atoms with Crippen molar-refractivity contribution >= 4 is 11.9 Å². The molecule has 2 rings (SSSR count). The molecule has 1 aromatic rings. The van der Waals surface area contributed by atoms with Crippen molar-refractivity contribution in [2.75, 3.05) is 0 Å². The van der Waals surface area contributed by atoms with Crippen molar-refractivity contribution in [2.24, 2.45) is 5.92 Å². The molecule has 0 radical (unpaired) electrons. The van der Waals surface area contributed by atoms with Gasteiger partial charge in [-0.1, -0.05) is 39.0 Å². The first kappa shape index (κ1) is 15.5. The van der Waals surface area contributed by atoms with Gasteiger partial charge in [-0.3, -0.25) is 9.59 Å².